The maximum atomic E-state index is 13.1. The van der Waals surface area contributed by atoms with Crippen LogP contribution in [-0.2, 0) is 15.7 Å². The van der Waals surface area contributed by atoms with Crippen LogP contribution in [-0.4, -0.2) is 23.1 Å². The van der Waals surface area contributed by atoms with Gasteiger partial charge >= 0.3 is 12.1 Å². The minimum Gasteiger partial charge on any atom is -0.507 e. The van der Waals surface area contributed by atoms with Gasteiger partial charge in [-0.05, 0) is 44.2 Å². The first kappa shape index (κ1) is 20.6. The van der Waals surface area contributed by atoms with E-state index >= 15 is 0 Å². The van der Waals surface area contributed by atoms with Gasteiger partial charge in [0.25, 0.3) is 5.91 Å². The topological polar surface area (TPSA) is 75.6 Å². The van der Waals surface area contributed by atoms with Crippen LogP contribution >= 0.6 is 11.6 Å². The fourth-order valence-electron chi connectivity index (χ4n) is 2.19. The van der Waals surface area contributed by atoms with Gasteiger partial charge in [0.2, 0.25) is 0 Å². The standard InChI is InChI=1S/C18H15ClF3NO4/c1-9-3-6-15(24)12(7-9)17(26)27-10(2)16(25)23-14-5-4-11(19)8-13(14)18(20,21)22/h3-8,10,24H,1-2H3,(H,23,25)/t10-/m1/s1. The fourth-order valence-corrected chi connectivity index (χ4v) is 2.36. The molecule has 2 aromatic carbocycles. The molecule has 0 bridgehead atoms. The van der Waals surface area contributed by atoms with E-state index in [1.165, 1.54) is 25.1 Å². The van der Waals surface area contributed by atoms with Crippen LogP contribution in [0.1, 0.15) is 28.4 Å². The molecule has 0 aliphatic carbocycles. The first-order chi connectivity index (χ1) is 12.5. The molecule has 0 spiro atoms. The van der Waals surface area contributed by atoms with E-state index in [0.29, 0.717) is 11.6 Å². The monoisotopic (exact) mass is 401 g/mol. The second-order valence-electron chi connectivity index (χ2n) is 5.75. The first-order valence-corrected chi connectivity index (χ1v) is 8.05. The largest absolute Gasteiger partial charge is 0.507 e. The maximum absolute atomic E-state index is 13.1. The van der Waals surface area contributed by atoms with Gasteiger partial charge in [-0.3, -0.25) is 4.79 Å². The molecule has 1 amide bonds. The summed E-state index contributed by atoms with van der Waals surface area (Å²) >= 11 is 5.58. The summed E-state index contributed by atoms with van der Waals surface area (Å²) in [6, 6.07) is 7.10. The second kappa shape index (κ2) is 7.87. The Labute approximate surface area is 157 Å². The normalized spacial score (nSPS) is 12.4. The van der Waals surface area contributed by atoms with E-state index in [-0.39, 0.29) is 16.3 Å². The summed E-state index contributed by atoms with van der Waals surface area (Å²) in [4.78, 5) is 24.2. The number of alkyl halides is 3. The molecule has 0 fully saturated rings. The molecule has 0 aliphatic heterocycles. The number of carbonyl (C=O) groups excluding carboxylic acids is 2. The van der Waals surface area contributed by atoms with Gasteiger partial charge in [-0.2, -0.15) is 13.2 Å². The van der Waals surface area contributed by atoms with Crippen LogP contribution in [0.15, 0.2) is 36.4 Å². The zero-order valence-electron chi connectivity index (χ0n) is 14.2. The number of aromatic hydroxyl groups is 1. The molecular weight excluding hydrogens is 387 g/mol. The van der Waals surface area contributed by atoms with Crippen molar-refractivity contribution in [1.29, 1.82) is 0 Å². The number of esters is 1. The third-order valence-electron chi connectivity index (χ3n) is 3.57. The molecule has 0 heterocycles. The number of nitrogens with one attached hydrogen (secondary N) is 1. The number of carbonyl (C=O) groups is 2. The average molecular weight is 402 g/mol. The number of aryl methyl sites for hydroxylation is 1. The van der Waals surface area contributed by atoms with E-state index in [9.17, 15) is 27.9 Å². The third-order valence-corrected chi connectivity index (χ3v) is 3.80. The molecule has 0 aliphatic rings. The van der Waals surface area contributed by atoms with Gasteiger partial charge in [0.15, 0.2) is 6.10 Å². The Morgan fingerprint density at radius 3 is 2.48 bits per heavy atom. The van der Waals surface area contributed by atoms with Crippen molar-refractivity contribution in [3.63, 3.8) is 0 Å². The molecule has 2 N–H and O–H groups in total. The molecule has 2 aromatic rings. The molecule has 27 heavy (non-hydrogen) atoms. The smallest absolute Gasteiger partial charge is 0.418 e. The van der Waals surface area contributed by atoms with Gasteiger partial charge in [0.1, 0.15) is 11.3 Å². The molecule has 9 heteroatoms. The molecule has 0 radical (unpaired) electrons. The first-order valence-electron chi connectivity index (χ1n) is 7.67. The summed E-state index contributed by atoms with van der Waals surface area (Å²) in [7, 11) is 0. The highest BCUT2D eigenvalue weighted by atomic mass is 35.5. The van der Waals surface area contributed by atoms with Crippen molar-refractivity contribution in [3.8, 4) is 5.75 Å². The van der Waals surface area contributed by atoms with Gasteiger partial charge in [-0.1, -0.05) is 23.2 Å². The van der Waals surface area contributed by atoms with Crippen LogP contribution in [0.5, 0.6) is 5.75 Å². The van der Waals surface area contributed by atoms with Crippen molar-refractivity contribution in [3.05, 3.63) is 58.1 Å². The Bertz CT molecular complexity index is 883. The van der Waals surface area contributed by atoms with Gasteiger partial charge < -0.3 is 15.2 Å². The summed E-state index contributed by atoms with van der Waals surface area (Å²) in [5.74, 6) is -2.29. The Balaban J connectivity index is 2.15. The zero-order valence-corrected chi connectivity index (χ0v) is 15.0. The van der Waals surface area contributed by atoms with E-state index in [4.69, 9.17) is 16.3 Å². The van der Waals surface area contributed by atoms with Crippen molar-refractivity contribution >= 4 is 29.2 Å². The van der Waals surface area contributed by atoms with Crippen LogP contribution in [0, 0.1) is 6.92 Å². The fraction of sp³-hybridized carbons (Fsp3) is 0.222. The third kappa shape index (κ3) is 5.13. The van der Waals surface area contributed by atoms with Crippen LogP contribution < -0.4 is 5.32 Å². The number of rotatable bonds is 4. The highest BCUT2D eigenvalue weighted by Gasteiger charge is 2.34. The maximum Gasteiger partial charge on any atom is 0.418 e. The zero-order chi connectivity index (χ0) is 20.4. The minimum atomic E-state index is -4.74. The number of phenols is 1. The lowest BCUT2D eigenvalue weighted by Gasteiger charge is -2.17. The Morgan fingerprint density at radius 1 is 1.19 bits per heavy atom. The lowest BCUT2D eigenvalue weighted by molar-refractivity contribution is -0.137. The van der Waals surface area contributed by atoms with Crippen molar-refractivity contribution in [2.45, 2.75) is 26.1 Å². The Hall–Kier alpha value is -2.74. The number of anilines is 1. The molecule has 0 saturated heterocycles. The SMILES string of the molecule is Cc1ccc(O)c(C(=O)O[C@H](C)C(=O)Nc2ccc(Cl)cc2C(F)(F)F)c1. The second-order valence-corrected chi connectivity index (χ2v) is 6.18. The van der Waals surface area contributed by atoms with Crippen LogP contribution in [0.3, 0.4) is 0 Å². The van der Waals surface area contributed by atoms with Crippen molar-refractivity contribution in [1.82, 2.24) is 0 Å². The van der Waals surface area contributed by atoms with E-state index in [1.54, 1.807) is 13.0 Å². The quantitative estimate of drug-likeness (QED) is 0.736. The van der Waals surface area contributed by atoms with E-state index in [0.717, 1.165) is 6.07 Å². The van der Waals surface area contributed by atoms with Gasteiger partial charge in [-0.25, -0.2) is 4.79 Å². The number of benzene rings is 2. The molecule has 144 valence electrons. The minimum absolute atomic E-state index is 0.144. The van der Waals surface area contributed by atoms with Crippen LogP contribution in [0.2, 0.25) is 5.02 Å². The molecule has 0 aromatic heterocycles. The van der Waals surface area contributed by atoms with Gasteiger partial charge in [-0.15, -0.1) is 0 Å². The van der Waals surface area contributed by atoms with Crippen LogP contribution in [0.25, 0.3) is 0 Å². The highest BCUT2D eigenvalue weighted by Crippen LogP contribution is 2.36. The molecule has 5 nitrogen and oxygen atoms in total. The summed E-state index contributed by atoms with van der Waals surface area (Å²) < 4.78 is 44.1. The number of phenolic OH excluding ortho intramolecular Hbond substituents is 1. The van der Waals surface area contributed by atoms with E-state index < -0.39 is 35.4 Å². The van der Waals surface area contributed by atoms with Crippen molar-refractivity contribution in [2.24, 2.45) is 0 Å². The molecular formula is C18H15ClF3NO4. The molecule has 1 atom stereocenters. The van der Waals surface area contributed by atoms with E-state index in [1.807, 2.05) is 0 Å². The number of halogens is 4. The predicted molar refractivity (Wildman–Crippen MR) is 92.8 cm³/mol. The summed E-state index contributed by atoms with van der Waals surface area (Å²) in [5.41, 5.74) is -1.12. The lowest BCUT2D eigenvalue weighted by Crippen LogP contribution is -2.30. The summed E-state index contributed by atoms with van der Waals surface area (Å²) in [6.45, 7) is 2.88. The lowest BCUT2D eigenvalue weighted by atomic mass is 10.1. The van der Waals surface area contributed by atoms with Gasteiger partial charge in [0.05, 0.1) is 11.3 Å². The molecule has 0 unspecified atom stereocenters. The molecule has 2 rings (SSSR count). The summed E-state index contributed by atoms with van der Waals surface area (Å²) in [5, 5.41) is 11.6. The molecule has 0 saturated carbocycles. The van der Waals surface area contributed by atoms with Gasteiger partial charge in [0, 0.05) is 5.02 Å². The average Bonchev–Trinajstić information content (AvgIpc) is 2.57. The Morgan fingerprint density at radius 2 is 1.85 bits per heavy atom. The number of hydrogen-bond acceptors (Lipinski definition) is 4. The Kier molecular flexibility index (Phi) is 6.00. The predicted octanol–water partition coefficient (Wildman–Crippen LogP) is 4.56. The van der Waals surface area contributed by atoms with Crippen molar-refractivity contribution in [2.75, 3.05) is 5.32 Å². The summed E-state index contributed by atoms with van der Waals surface area (Å²) in [6.07, 6.45) is -6.14. The van der Waals surface area contributed by atoms with E-state index in [2.05, 4.69) is 5.32 Å². The number of amides is 1. The number of hydrogen-bond donors (Lipinski definition) is 2. The van der Waals surface area contributed by atoms with Crippen LogP contribution in [0.4, 0.5) is 18.9 Å². The number of ether oxygens (including phenoxy) is 1. The van der Waals surface area contributed by atoms with Crippen molar-refractivity contribution < 1.29 is 32.6 Å². The highest BCUT2D eigenvalue weighted by molar-refractivity contribution is 6.30.